The van der Waals surface area contributed by atoms with Crippen LogP contribution < -0.4 is 15.8 Å². The minimum atomic E-state index is -0.767. The lowest BCUT2D eigenvalue weighted by atomic mass is 10.2. The minimum absolute atomic E-state index is 0.0367. The summed E-state index contributed by atoms with van der Waals surface area (Å²) in [4.78, 5) is 11.9. The fourth-order valence-corrected chi connectivity index (χ4v) is 2.36. The van der Waals surface area contributed by atoms with Crippen LogP contribution in [0.15, 0.2) is 24.3 Å². The van der Waals surface area contributed by atoms with Crippen molar-refractivity contribution >= 4 is 5.91 Å². The van der Waals surface area contributed by atoms with E-state index in [1.165, 1.54) is 0 Å². The average Bonchev–Trinajstić information content (AvgIpc) is 3.00. The standard InChI is InChI=1S/C16H24N2O4/c1-11-3-2-4-13(7-11)21-10-12(19)9-18-16(20)15-6-5-14(8-17)22-15/h2-4,7,12,14-15,19H,5-6,8-10,17H2,1H3,(H,18,20)/t12?,14-,15+/m1/s1. The van der Waals surface area contributed by atoms with Crippen molar-refractivity contribution in [1.82, 2.24) is 5.32 Å². The number of hydrogen-bond donors (Lipinski definition) is 3. The summed E-state index contributed by atoms with van der Waals surface area (Å²) in [7, 11) is 0. The summed E-state index contributed by atoms with van der Waals surface area (Å²) in [6.07, 6.45) is 0.205. The second-order valence-electron chi connectivity index (χ2n) is 5.59. The van der Waals surface area contributed by atoms with Crippen LogP contribution >= 0.6 is 0 Å². The van der Waals surface area contributed by atoms with Gasteiger partial charge in [0.25, 0.3) is 0 Å². The second kappa shape index (κ2) is 8.12. The molecule has 0 bridgehead atoms. The molecule has 1 aromatic carbocycles. The number of aliphatic hydroxyl groups is 1. The number of nitrogens with one attached hydrogen (secondary N) is 1. The van der Waals surface area contributed by atoms with Gasteiger partial charge >= 0.3 is 0 Å². The van der Waals surface area contributed by atoms with Gasteiger partial charge in [-0.25, -0.2) is 0 Å². The monoisotopic (exact) mass is 308 g/mol. The van der Waals surface area contributed by atoms with Crippen molar-refractivity contribution in [2.45, 2.75) is 38.1 Å². The molecule has 1 heterocycles. The summed E-state index contributed by atoms with van der Waals surface area (Å²) in [5, 5.41) is 12.6. The van der Waals surface area contributed by atoms with Crippen molar-refractivity contribution in [1.29, 1.82) is 0 Å². The molecule has 122 valence electrons. The van der Waals surface area contributed by atoms with E-state index in [0.717, 1.165) is 12.0 Å². The van der Waals surface area contributed by atoms with Crippen LogP contribution in [0.2, 0.25) is 0 Å². The molecule has 6 heteroatoms. The lowest BCUT2D eigenvalue weighted by Gasteiger charge is -2.16. The number of carbonyl (C=O) groups is 1. The van der Waals surface area contributed by atoms with Crippen LogP contribution in [0.25, 0.3) is 0 Å². The van der Waals surface area contributed by atoms with Gasteiger partial charge in [0.1, 0.15) is 24.6 Å². The molecule has 1 aliphatic heterocycles. The summed E-state index contributed by atoms with van der Waals surface area (Å²) >= 11 is 0. The number of hydrogen-bond acceptors (Lipinski definition) is 5. The molecule has 1 saturated heterocycles. The molecule has 0 radical (unpaired) electrons. The highest BCUT2D eigenvalue weighted by Crippen LogP contribution is 2.18. The van der Waals surface area contributed by atoms with E-state index < -0.39 is 12.2 Å². The number of aryl methyl sites for hydroxylation is 1. The maximum atomic E-state index is 11.9. The average molecular weight is 308 g/mol. The van der Waals surface area contributed by atoms with Crippen molar-refractivity contribution in [2.24, 2.45) is 5.73 Å². The molecule has 1 aliphatic rings. The third-order valence-corrected chi connectivity index (χ3v) is 3.61. The predicted molar refractivity (Wildman–Crippen MR) is 82.6 cm³/mol. The van der Waals surface area contributed by atoms with Crippen molar-refractivity contribution in [3.05, 3.63) is 29.8 Å². The molecule has 1 amide bonds. The fourth-order valence-electron chi connectivity index (χ4n) is 2.36. The SMILES string of the molecule is Cc1cccc(OCC(O)CNC(=O)[C@@H]2CC[C@H](CN)O2)c1. The molecule has 2 rings (SSSR count). The molecule has 1 aromatic rings. The lowest BCUT2D eigenvalue weighted by Crippen LogP contribution is -2.41. The van der Waals surface area contributed by atoms with Crippen LogP contribution in [0.3, 0.4) is 0 Å². The van der Waals surface area contributed by atoms with Crippen LogP contribution in [0.5, 0.6) is 5.75 Å². The number of carbonyl (C=O) groups excluding carboxylic acids is 1. The quantitative estimate of drug-likeness (QED) is 0.676. The second-order valence-corrected chi connectivity index (χ2v) is 5.59. The van der Waals surface area contributed by atoms with Crippen molar-refractivity contribution in [3.8, 4) is 5.75 Å². The van der Waals surface area contributed by atoms with Gasteiger partial charge in [-0.1, -0.05) is 12.1 Å². The molecule has 0 saturated carbocycles. The Morgan fingerprint density at radius 1 is 1.55 bits per heavy atom. The largest absolute Gasteiger partial charge is 0.491 e. The fraction of sp³-hybridized carbons (Fsp3) is 0.562. The van der Waals surface area contributed by atoms with E-state index >= 15 is 0 Å². The first kappa shape index (κ1) is 16.7. The zero-order valence-electron chi connectivity index (χ0n) is 12.8. The molecule has 4 N–H and O–H groups in total. The Balaban J connectivity index is 1.67. The van der Waals surface area contributed by atoms with E-state index in [2.05, 4.69) is 5.32 Å². The number of ether oxygens (including phenoxy) is 2. The number of nitrogens with two attached hydrogens (primary N) is 1. The topological polar surface area (TPSA) is 93.8 Å². The summed E-state index contributed by atoms with van der Waals surface area (Å²) in [5.41, 5.74) is 6.60. The molecule has 0 spiro atoms. The van der Waals surface area contributed by atoms with Gasteiger partial charge in [-0.15, -0.1) is 0 Å². The van der Waals surface area contributed by atoms with Crippen LogP contribution in [-0.4, -0.2) is 49.0 Å². The summed E-state index contributed by atoms with van der Waals surface area (Å²) in [6.45, 7) is 2.66. The molecule has 3 atom stereocenters. The van der Waals surface area contributed by atoms with Crippen LogP contribution in [-0.2, 0) is 9.53 Å². The van der Waals surface area contributed by atoms with E-state index in [0.29, 0.717) is 18.7 Å². The summed E-state index contributed by atoms with van der Waals surface area (Å²) in [5.74, 6) is 0.501. The zero-order chi connectivity index (χ0) is 15.9. The summed E-state index contributed by atoms with van der Waals surface area (Å²) < 4.78 is 11.0. The van der Waals surface area contributed by atoms with Crippen molar-refractivity contribution in [3.63, 3.8) is 0 Å². The third kappa shape index (κ3) is 4.98. The Bertz CT molecular complexity index is 495. The molecule has 22 heavy (non-hydrogen) atoms. The predicted octanol–water partition coefficient (Wildman–Crippen LogP) is 0.357. The number of amides is 1. The molecular formula is C16H24N2O4. The maximum Gasteiger partial charge on any atom is 0.249 e. The van der Waals surface area contributed by atoms with E-state index in [1.807, 2.05) is 31.2 Å². The van der Waals surface area contributed by atoms with Crippen LogP contribution in [0.4, 0.5) is 0 Å². The van der Waals surface area contributed by atoms with Gasteiger partial charge in [0.15, 0.2) is 0 Å². The van der Waals surface area contributed by atoms with Crippen molar-refractivity contribution in [2.75, 3.05) is 19.7 Å². The van der Waals surface area contributed by atoms with E-state index in [1.54, 1.807) is 0 Å². The van der Waals surface area contributed by atoms with Crippen molar-refractivity contribution < 1.29 is 19.4 Å². The van der Waals surface area contributed by atoms with Gasteiger partial charge in [-0.05, 0) is 37.5 Å². The Labute approximate surface area is 130 Å². The highest BCUT2D eigenvalue weighted by molar-refractivity contribution is 5.81. The first-order valence-corrected chi connectivity index (χ1v) is 7.59. The Morgan fingerprint density at radius 2 is 2.36 bits per heavy atom. The van der Waals surface area contributed by atoms with Crippen LogP contribution in [0.1, 0.15) is 18.4 Å². The third-order valence-electron chi connectivity index (χ3n) is 3.61. The number of rotatable bonds is 7. The highest BCUT2D eigenvalue weighted by Gasteiger charge is 2.29. The number of benzene rings is 1. The minimum Gasteiger partial charge on any atom is -0.491 e. The molecule has 1 unspecified atom stereocenters. The van der Waals surface area contributed by atoms with Gasteiger partial charge in [-0.2, -0.15) is 0 Å². The molecule has 1 fully saturated rings. The lowest BCUT2D eigenvalue weighted by molar-refractivity contribution is -0.132. The van der Waals surface area contributed by atoms with E-state index in [9.17, 15) is 9.90 Å². The van der Waals surface area contributed by atoms with Gasteiger partial charge in [0.2, 0.25) is 5.91 Å². The normalized spacial score (nSPS) is 22.3. The Hall–Kier alpha value is -1.63. The van der Waals surface area contributed by atoms with E-state index in [4.69, 9.17) is 15.2 Å². The molecule has 0 aromatic heterocycles. The zero-order valence-corrected chi connectivity index (χ0v) is 12.8. The van der Waals surface area contributed by atoms with E-state index in [-0.39, 0.29) is 25.2 Å². The van der Waals surface area contributed by atoms with Gasteiger partial charge in [0.05, 0.1) is 6.10 Å². The molecule has 0 aliphatic carbocycles. The van der Waals surface area contributed by atoms with Gasteiger partial charge < -0.3 is 25.6 Å². The maximum absolute atomic E-state index is 11.9. The smallest absolute Gasteiger partial charge is 0.249 e. The highest BCUT2D eigenvalue weighted by atomic mass is 16.5. The molecule has 6 nitrogen and oxygen atoms in total. The number of aliphatic hydroxyl groups excluding tert-OH is 1. The Kier molecular flexibility index (Phi) is 6.18. The Morgan fingerprint density at radius 3 is 3.05 bits per heavy atom. The van der Waals surface area contributed by atoms with Gasteiger partial charge in [-0.3, -0.25) is 4.79 Å². The van der Waals surface area contributed by atoms with Crippen LogP contribution in [0, 0.1) is 6.92 Å². The first-order valence-electron chi connectivity index (χ1n) is 7.59. The van der Waals surface area contributed by atoms with Gasteiger partial charge in [0, 0.05) is 13.1 Å². The summed E-state index contributed by atoms with van der Waals surface area (Å²) in [6, 6.07) is 7.59. The molecular weight excluding hydrogens is 284 g/mol. The first-order chi connectivity index (χ1) is 10.6.